The van der Waals surface area contributed by atoms with Crippen LogP contribution in [-0.2, 0) is 0 Å². The molecule has 0 aliphatic heterocycles. The molecule has 0 radical (unpaired) electrons. The second-order valence-electron chi connectivity index (χ2n) is 4.27. The zero-order valence-corrected chi connectivity index (χ0v) is 12.0. The molecule has 1 rings (SSSR count). The van der Waals surface area contributed by atoms with E-state index in [1.165, 1.54) is 16.0 Å². The molecule has 0 aliphatic rings. The van der Waals surface area contributed by atoms with E-state index in [9.17, 15) is 0 Å². The molecule has 0 amide bonds. The van der Waals surface area contributed by atoms with Crippen molar-refractivity contribution in [2.75, 3.05) is 6.54 Å². The Morgan fingerprint density at radius 3 is 2.69 bits per heavy atom. The number of hydrogen-bond acceptors (Lipinski definition) is 2. The lowest BCUT2D eigenvalue weighted by Crippen LogP contribution is -2.20. The van der Waals surface area contributed by atoms with E-state index < -0.39 is 0 Å². The van der Waals surface area contributed by atoms with Gasteiger partial charge in [0.15, 0.2) is 0 Å². The van der Waals surface area contributed by atoms with Crippen molar-refractivity contribution in [3.05, 3.63) is 32.5 Å². The van der Waals surface area contributed by atoms with Gasteiger partial charge in [0.2, 0.25) is 0 Å². The summed E-state index contributed by atoms with van der Waals surface area (Å²) in [6.07, 6.45) is 3.38. The number of hydrogen-bond donors (Lipinski definition) is 1. The molecule has 0 fully saturated rings. The zero-order chi connectivity index (χ0) is 12.1. The van der Waals surface area contributed by atoms with Crippen LogP contribution in [0.5, 0.6) is 0 Å². The van der Waals surface area contributed by atoms with Crippen molar-refractivity contribution in [1.29, 1.82) is 0 Å². The normalized spacial score (nSPS) is 12.6. The average Bonchev–Trinajstić information content (AvgIpc) is 2.54. The van der Waals surface area contributed by atoms with Crippen LogP contribution in [0.3, 0.4) is 0 Å². The summed E-state index contributed by atoms with van der Waals surface area (Å²) < 4.78 is 0. The lowest BCUT2D eigenvalue weighted by Gasteiger charge is -2.14. The molecular formula is C13H20ClNS. The van der Waals surface area contributed by atoms with Crippen LogP contribution in [0.25, 0.3) is 0 Å². The fourth-order valence-corrected chi connectivity index (χ4v) is 2.87. The highest BCUT2D eigenvalue weighted by Gasteiger charge is 2.15. The Kier molecular flexibility index (Phi) is 5.53. The molecule has 16 heavy (non-hydrogen) atoms. The van der Waals surface area contributed by atoms with E-state index in [-0.39, 0.29) is 6.04 Å². The monoisotopic (exact) mass is 257 g/mol. The maximum atomic E-state index is 6.31. The van der Waals surface area contributed by atoms with E-state index >= 15 is 0 Å². The van der Waals surface area contributed by atoms with Gasteiger partial charge in [-0.1, -0.05) is 30.2 Å². The largest absolute Gasteiger partial charge is 0.306 e. The van der Waals surface area contributed by atoms with E-state index in [1.54, 1.807) is 11.3 Å². The van der Waals surface area contributed by atoms with E-state index in [4.69, 9.17) is 11.6 Å². The standard InChI is InChI=1S/C13H20ClNS/c1-5-6-15-11(7-9(2)3)13-12(14)10(4)8-16-13/h7-8,11,15H,5-6H2,1-4H3. The van der Waals surface area contributed by atoms with Crippen molar-refractivity contribution in [1.82, 2.24) is 5.32 Å². The second-order valence-corrected chi connectivity index (χ2v) is 5.56. The summed E-state index contributed by atoms with van der Waals surface area (Å²) >= 11 is 8.04. The summed E-state index contributed by atoms with van der Waals surface area (Å²) in [6, 6.07) is 0.260. The van der Waals surface area contributed by atoms with Gasteiger partial charge in [-0.05, 0) is 44.7 Å². The minimum atomic E-state index is 0.260. The average molecular weight is 258 g/mol. The lowest BCUT2D eigenvalue weighted by molar-refractivity contribution is 0.617. The first-order chi connectivity index (χ1) is 7.56. The minimum absolute atomic E-state index is 0.260. The Morgan fingerprint density at radius 1 is 1.56 bits per heavy atom. The Morgan fingerprint density at radius 2 is 2.25 bits per heavy atom. The van der Waals surface area contributed by atoms with Crippen LogP contribution in [0.2, 0.25) is 5.02 Å². The van der Waals surface area contributed by atoms with Crippen molar-refractivity contribution in [2.45, 2.75) is 40.2 Å². The van der Waals surface area contributed by atoms with Gasteiger partial charge < -0.3 is 5.32 Å². The van der Waals surface area contributed by atoms with Crippen LogP contribution in [0, 0.1) is 6.92 Å². The highest BCUT2D eigenvalue weighted by molar-refractivity contribution is 7.10. The van der Waals surface area contributed by atoms with Gasteiger partial charge in [-0.25, -0.2) is 0 Å². The van der Waals surface area contributed by atoms with Gasteiger partial charge in [-0.3, -0.25) is 0 Å². The van der Waals surface area contributed by atoms with Gasteiger partial charge in [-0.15, -0.1) is 11.3 Å². The van der Waals surface area contributed by atoms with Crippen molar-refractivity contribution in [3.8, 4) is 0 Å². The van der Waals surface area contributed by atoms with Crippen molar-refractivity contribution >= 4 is 22.9 Å². The SMILES string of the molecule is CCCNC(C=C(C)C)c1scc(C)c1Cl. The van der Waals surface area contributed by atoms with Crippen LogP contribution < -0.4 is 5.32 Å². The fraction of sp³-hybridized carbons (Fsp3) is 0.538. The fourth-order valence-electron chi connectivity index (χ4n) is 1.52. The molecule has 0 aliphatic carbocycles. The molecule has 1 atom stereocenters. The van der Waals surface area contributed by atoms with Crippen LogP contribution in [0.15, 0.2) is 17.0 Å². The molecule has 0 aromatic carbocycles. The maximum Gasteiger partial charge on any atom is 0.0618 e. The lowest BCUT2D eigenvalue weighted by atomic mass is 10.1. The summed E-state index contributed by atoms with van der Waals surface area (Å²) in [7, 11) is 0. The molecule has 1 aromatic heterocycles. The van der Waals surface area contributed by atoms with Crippen LogP contribution in [0.1, 0.15) is 43.7 Å². The predicted octanol–water partition coefficient (Wildman–Crippen LogP) is 4.72. The quantitative estimate of drug-likeness (QED) is 0.753. The molecular weight excluding hydrogens is 238 g/mol. The van der Waals surface area contributed by atoms with E-state index in [1.807, 2.05) is 0 Å². The maximum absolute atomic E-state index is 6.31. The molecule has 0 saturated carbocycles. The third-order valence-corrected chi connectivity index (χ3v) is 4.12. The predicted molar refractivity (Wildman–Crippen MR) is 74.5 cm³/mol. The third-order valence-electron chi connectivity index (χ3n) is 2.32. The van der Waals surface area contributed by atoms with E-state index in [0.29, 0.717) is 0 Å². The number of halogens is 1. The Bertz CT molecular complexity index is 364. The topological polar surface area (TPSA) is 12.0 Å². The van der Waals surface area contributed by atoms with Gasteiger partial charge in [-0.2, -0.15) is 0 Å². The summed E-state index contributed by atoms with van der Waals surface area (Å²) in [5.74, 6) is 0. The van der Waals surface area contributed by atoms with E-state index in [0.717, 1.165) is 18.0 Å². The first-order valence-electron chi connectivity index (χ1n) is 5.68. The number of thiophene rings is 1. The second kappa shape index (κ2) is 6.43. The molecule has 0 bridgehead atoms. The van der Waals surface area contributed by atoms with Crippen molar-refractivity contribution in [2.24, 2.45) is 0 Å². The molecule has 1 unspecified atom stereocenters. The van der Waals surface area contributed by atoms with Crippen molar-refractivity contribution in [3.63, 3.8) is 0 Å². The Hall–Kier alpha value is -0.310. The molecule has 1 nitrogen and oxygen atoms in total. The summed E-state index contributed by atoms with van der Waals surface area (Å²) in [5.41, 5.74) is 2.49. The molecule has 1 aromatic rings. The molecule has 1 N–H and O–H groups in total. The third kappa shape index (κ3) is 3.62. The van der Waals surface area contributed by atoms with Gasteiger partial charge in [0.1, 0.15) is 0 Å². The van der Waals surface area contributed by atoms with Crippen molar-refractivity contribution < 1.29 is 0 Å². The van der Waals surface area contributed by atoms with Gasteiger partial charge in [0.25, 0.3) is 0 Å². The number of rotatable bonds is 5. The van der Waals surface area contributed by atoms with Gasteiger partial charge in [0, 0.05) is 4.88 Å². The van der Waals surface area contributed by atoms with Crippen LogP contribution in [0.4, 0.5) is 0 Å². The summed E-state index contributed by atoms with van der Waals surface area (Å²) in [4.78, 5) is 1.23. The van der Waals surface area contributed by atoms with Gasteiger partial charge >= 0.3 is 0 Å². The molecule has 90 valence electrons. The summed E-state index contributed by atoms with van der Waals surface area (Å²) in [5, 5.41) is 6.56. The van der Waals surface area contributed by atoms with E-state index in [2.05, 4.69) is 44.5 Å². The Balaban J connectivity index is 2.92. The first-order valence-corrected chi connectivity index (χ1v) is 6.94. The van der Waals surface area contributed by atoms with Gasteiger partial charge in [0.05, 0.1) is 11.1 Å². The zero-order valence-electron chi connectivity index (χ0n) is 10.4. The first kappa shape index (κ1) is 13.8. The molecule has 0 spiro atoms. The minimum Gasteiger partial charge on any atom is -0.306 e. The number of allylic oxidation sites excluding steroid dienone is 1. The Labute approximate surface area is 108 Å². The highest BCUT2D eigenvalue weighted by atomic mass is 35.5. The molecule has 0 saturated heterocycles. The highest BCUT2D eigenvalue weighted by Crippen LogP contribution is 2.33. The smallest absolute Gasteiger partial charge is 0.0618 e. The van der Waals surface area contributed by atoms with Crippen LogP contribution in [-0.4, -0.2) is 6.54 Å². The van der Waals surface area contributed by atoms with Crippen LogP contribution >= 0.6 is 22.9 Å². The number of aryl methyl sites for hydroxylation is 1. The molecule has 3 heteroatoms. The number of nitrogens with one attached hydrogen (secondary N) is 1. The molecule has 1 heterocycles. The summed E-state index contributed by atoms with van der Waals surface area (Å²) in [6.45, 7) is 9.49.